The van der Waals surface area contributed by atoms with Gasteiger partial charge in [0, 0.05) is 12.6 Å². The van der Waals surface area contributed by atoms with Crippen molar-refractivity contribution in [3.8, 4) is 6.07 Å². The molecule has 0 radical (unpaired) electrons. The van der Waals surface area contributed by atoms with Gasteiger partial charge in [-0.1, -0.05) is 12.8 Å². The van der Waals surface area contributed by atoms with E-state index in [0.717, 1.165) is 6.42 Å². The smallest absolute Gasteiger partial charge is 0.237 e. The molecule has 0 spiro atoms. The summed E-state index contributed by atoms with van der Waals surface area (Å²) in [6.07, 6.45) is 6.01. The van der Waals surface area contributed by atoms with Gasteiger partial charge in [-0.15, -0.1) is 0 Å². The maximum Gasteiger partial charge on any atom is 0.237 e. The van der Waals surface area contributed by atoms with Gasteiger partial charge in [0.15, 0.2) is 0 Å². The van der Waals surface area contributed by atoms with Crippen molar-refractivity contribution < 1.29 is 4.79 Å². The standard InChI is InChI=1S/C14H23N3O/c1-14(2,8-15)9-16-13(18)12-7-10-5-3-4-6-11(10)17-12/h10-12,17H,3-7,9H2,1-2H3,(H,16,18). The molecule has 1 aliphatic carbocycles. The predicted molar refractivity (Wildman–Crippen MR) is 69.7 cm³/mol. The van der Waals surface area contributed by atoms with Crippen molar-refractivity contribution in [2.75, 3.05) is 6.54 Å². The van der Waals surface area contributed by atoms with Crippen molar-refractivity contribution in [3.05, 3.63) is 0 Å². The Hall–Kier alpha value is -1.08. The molecule has 4 heteroatoms. The zero-order valence-corrected chi connectivity index (χ0v) is 11.3. The molecule has 0 aromatic heterocycles. The SMILES string of the molecule is CC(C)(C#N)CNC(=O)C1CC2CCCCC2N1. The highest BCUT2D eigenvalue weighted by Crippen LogP contribution is 2.33. The lowest BCUT2D eigenvalue weighted by molar-refractivity contribution is -0.123. The van der Waals surface area contributed by atoms with Gasteiger partial charge in [0.25, 0.3) is 0 Å². The molecule has 2 aliphatic rings. The lowest BCUT2D eigenvalue weighted by Gasteiger charge is -2.24. The number of nitrogens with one attached hydrogen (secondary N) is 2. The second-order valence-electron chi connectivity index (χ2n) is 6.32. The van der Waals surface area contributed by atoms with E-state index in [1.54, 1.807) is 0 Å². The summed E-state index contributed by atoms with van der Waals surface area (Å²) in [5.74, 6) is 0.742. The number of amides is 1. The number of hydrogen-bond acceptors (Lipinski definition) is 3. The molecule has 18 heavy (non-hydrogen) atoms. The monoisotopic (exact) mass is 249 g/mol. The first-order chi connectivity index (χ1) is 8.52. The first-order valence-corrected chi connectivity index (χ1v) is 6.97. The van der Waals surface area contributed by atoms with Crippen molar-refractivity contribution in [2.45, 2.75) is 58.0 Å². The molecule has 1 amide bonds. The van der Waals surface area contributed by atoms with Crippen LogP contribution in [0.4, 0.5) is 0 Å². The minimum Gasteiger partial charge on any atom is -0.353 e. The Balaban J connectivity index is 1.82. The van der Waals surface area contributed by atoms with Gasteiger partial charge in [0.05, 0.1) is 17.5 Å². The third-order valence-electron chi connectivity index (χ3n) is 4.19. The largest absolute Gasteiger partial charge is 0.353 e. The van der Waals surface area contributed by atoms with Crippen molar-refractivity contribution in [1.29, 1.82) is 5.26 Å². The second-order valence-corrected chi connectivity index (χ2v) is 6.32. The zero-order chi connectivity index (χ0) is 13.2. The van der Waals surface area contributed by atoms with Crippen LogP contribution in [0.25, 0.3) is 0 Å². The number of nitrogens with zero attached hydrogens (tertiary/aromatic N) is 1. The Labute approximate surface area is 109 Å². The average molecular weight is 249 g/mol. The molecular formula is C14H23N3O. The van der Waals surface area contributed by atoms with E-state index in [-0.39, 0.29) is 11.9 Å². The Morgan fingerprint density at radius 1 is 1.44 bits per heavy atom. The Morgan fingerprint density at radius 2 is 2.17 bits per heavy atom. The highest BCUT2D eigenvalue weighted by atomic mass is 16.2. The maximum atomic E-state index is 12.1. The third kappa shape index (κ3) is 3.02. The molecular weight excluding hydrogens is 226 g/mol. The summed E-state index contributed by atoms with van der Waals surface area (Å²) in [4.78, 5) is 12.1. The summed E-state index contributed by atoms with van der Waals surface area (Å²) in [6, 6.07) is 2.69. The van der Waals surface area contributed by atoms with E-state index in [0.29, 0.717) is 18.5 Å². The number of nitriles is 1. The number of hydrogen-bond donors (Lipinski definition) is 2. The van der Waals surface area contributed by atoms with Gasteiger partial charge in [0.2, 0.25) is 5.91 Å². The van der Waals surface area contributed by atoms with Gasteiger partial charge >= 0.3 is 0 Å². The molecule has 2 fully saturated rings. The van der Waals surface area contributed by atoms with E-state index in [2.05, 4.69) is 16.7 Å². The molecule has 4 nitrogen and oxygen atoms in total. The van der Waals surface area contributed by atoms with E-state index in [1.807, 2.05) is 13.8 Å². The highest BCUT2D eigenvalue weighted by Gasteiger charge is 2.38. The molecule has 2 rings (SSSR count). The fourth-order valence-electron chi connectivity index (χ4n) is 2.99. The molecule has 0 bridgehead atoms. The quantitative estimate of drug-likeness (QED) is 0.798. The fourth-order valence-corrected chi connectivity index (χ4v) is 2.99. The van der Waals surface area contributed by atoms with Crippen molar-refractivity contribution in [1.82, 2.24) is 10.6 Å². The van der Waals surface area contributed by atoms with Crippen molar-refractivity contribution in [3.63, 3.8) is 0 Å². The molecule has 3 atom stereocenters. The van der Waals surface area contributed by atoms with E-state index >= 15 is 0 Å². The molecule has 100 valence electrons. The van der Waals surface area contributed by atoms with E-state index in [4.69, 9.17) is 5.26 Å². The maximum absolute atomic E-state index is 12.1. The molecule has 0 aromatic carbocycles. The Kier molecular flexibility index (Phi) is 3.91. The minimum absolute atomic E-state index is 0.0485. The molecule has 1 saturated carbocycles. The molecule has 2 N–H and O–H groups in total. The predicted octanol–water partition coefficient (Wildman–Crippen LogP) is 1.57. The van der Waals surface area contributed by atoms with Crippen LogP contribution in [-0.4, -0.2) is 24.5 Å². The van der Waals surface area contributed by atoms with Crippen LogP contribution in [0.1, 0.15) is 46.0 Å². The van der Waals surface area contributed by atoms with Crippen LogP contribution in [0.2, 0.25) is 0 Å². The first kappa shape index (κ1) is 13.4. The number of fused-ring (bicyclic) bond motifs is 1. The minimum atomic E-state index is -0.485. The van der Waals surface area contributed by atoms with Crippen LogP contribution in [-0.2, 0) is 4.79 Å². The molecule has 1 aliphatic heterocycles. The van der Waals surface area contributed by atoms with Crippen LogP contribution in [0.5, 0.6) is 0 Å². The topological polar surface area (TPSA) is 64.9 Å². The van der Waals surface area contributed by atoms with Crippen LogP contribution in [0, 0.1) is 22.7 Å². The van der Waals surface area contributed by atoms with Gasteiger partial charge in [-0.3, -0.25) is 4.79 Å². The molecule has 0 aromatic rings. The van der Waals surface area contributed by atoms with E-state index in [1.165, 1.54) is 25.7 Å². The van der Waals surface area contributed by atoms with Gasteiger partial charge in [-0.05, 0) is 39.0 Å². The second kappa shape index (κ2) is 5.27. The fraction of sp³-hybridized carbons (Fsp3) is 0.857. The third-order valence-corrected chi connectivity index (χ3v) is 4.19. The molecule has 1 heterocycles. The van der Waals surface area contributed by atoms with Crippen LogP contribution in [0.15, 0.2) is 0 Å². The summed E-state index contributed by atoms with van der Waals surface area (Å²) >= 11 is 0. The van der Waals surface area contributed by atoms with Crippen LogP contribution in [0.3, 0.4) is 0 Å². The van der Waals surface area contributed by atoms with Crippen LogP contribution >= 0.6 is 0 Å². The number of carbonyl (C=O) groups is 1. The van der Waals surface area contributed by atoms with Gasteiger partial charge in [-0.2, -0.15) is 5.26 Å². The normalized spacial score (nSPS) is 31.5. The van der Waals surface area contributed by atoms with Gasteiger partial charge in [0.1, 0.15) is 0 Å². The summed E-state index contributed by atoms with van der Waals surface area (Å²) in [6.45, 7) is 4.11. The Bertz CT molecular complexity index is 345. The zero-order valence-electron chi connectivity index (χ0n) is 11.3. The van der Waals surface area contributed by atoms with Crippen molar-refractivity contribution in [2.24, 2.45) is 11.3 Å². The van der Waals surface area contributed by atoms with Gasteiger partial charge < -0.3 is 10.6 Å². The van der Waals surface area contributed by atoms with Gasteiger partial charge in [-0.25, -0.2) is 0 Å². The first-order valence-electron chi connectivity index (χ1n) is 6.97. The summed E-state index contributed by atoms with van der Waals surface area (Å²) < 4.78 is 0. The number of carbonyl (C=O) groups excluding carboxylic acids is 1. The van der Waals surface area contributed by atoms with E-state index in [9.17, 15) is 4.79 Å². The van der Waals surface area contributed by atoms with Crippen molar-refractivity contribution >= 4 is 5.91 Å². The summed E-state index contributed by atoms with van der Waals surface area (Å²) in [5.41, 5.74) is -0.485. The number of rotatable bonds is 3. The Morgan fingerprint density at radius 3 is 2.83 bits per heavy atom. The lowest BCUT2D eigenvalue weighted by Crippen LogP contribution is -2.45. The summed E-state index contributed by atoms with van der Waals surface area (Å²) in [5, 5.41) is 15.3. The average Bonchev–Trinajstić information content (AvgIpc) is 2.80. The van der Waals surface area contributed by atoms with E-state index < -0.39 is 5.41 Å². The lowest BCUT2D eigenvalue weighted by atomic mass is 9.85. The highest BCUT2D eigenvalue weighted by molar-refractivity contribution is 5.82. The van der Waals surface area contributed by atoms with Crippen LogP contribution < -0.4 is 10.6 Å². The molecule has 1 saturated heterocycles. The summed E-state index contributed by atoms with van der Waals surface area (Å²) in [7, 11) is 0. The molecule has 3 unspecified atom stereocenters.